The van der Waals surface area contributed by atoms with E-state index in [4.69, 9.17) is 16.3 Å². The quantitative estimate of drug-likeness (QED) is 0.474. The van der Waals surface area contributed by atoms with Gasteiger partial charge in [0.15, 0.2) is 0 Å². The Kier molecular flexibility index (Phi) is 6.99. The SMILES string of the molecule is CC1=NCC(C2CCN(c3ccc(C4(C(=O)O)CC4)cc3)CC2)=C1NC(=O)OC(C)c1ccccc1Cl. The lowest BCUT2D eigenvalue weighted by Gasteiger charge is -2.34. The highest BCUT2D eigenvalue weighted by molar-refractivity contribution is 6.31. The Bertz CT molecular complexity index is 1260. The Hall–Kier alpha value is -3.32. The Morgan fingerprint density at radius 2 is 1.81 bits per heavy atom. The van der Waals surface area contributed by atoms with Gasteiger partial charge in [0.25, 0.3) is 0 Å². The van der Waals surface area contributed by atoms with E-state index in [2.05, 4.69) is 15.2 Å². The standard InChI is InChI=1S/C29H32ClN3O4/c1-18-26(32-28(36)37-19(2)23-5-3-4-6-25(23)30)24(17-31-18)20-11-15-33(16-12-20)22-9-7-21(8-10-22)29(13-14-29)27(34)35/h3-10,19-20H,11-17H2,1-2H3,(H,32,36)(H,34,35). The minimum Gasteiger partial charge on any atom is -0.481 e. The summed E-state index contributed by atoms with van der Waals surface area (Å²) in [6.45, 7) is 6.09. The van der Waals surface area contributed by atoms with E-state index >= 15 is 0 Å². The van der Waals surface area contributed by atoms with Crippen LogP contribution in [0, 0.1) is 5.92 Å². The highest BCUT2D eigenvalue weighted by Gasteiger charge is 2.51. The number of carbonyl (C=O) groups is 2. The lowest BCUT2D eigenvalue weighted by Crippen LogP contribution is -2.36. The van der Waals surface area contributed by atoms with E-state index < -0.39 is 23.6 Å². The van der Waals surface area contributed by atoms with Crippen LogP contribution < -0.4 is 10.2 Å². The summed E-state index contributed by atoms with van der Waals surface area (Å²) in [5.74, 6) is -0.398. The number of rotatable bonds is 7. The van der Waals surface area contributed by atoms with Crippen LogP contribution in [0.15, 0.2) is 64.8 Å². The molecule has 8 heteroatoms. The second-order valence-corrected chi connectivity index (χ2v) is 10.6. The van der Waals surface area contributed by atoms with Crippen LogP contribution >= 0.6 is 11.6 Å². The highest BCUT2D eigenvalue weighted by atomic mass is 35.5. The van der Waals surface area contributed by atoms with E-state index in [9.17, 15) is 14.7 Å². The number of carboxylic acid groups (broad SMARTS) is 1. The van der Waals surface area contributed by atoms with Crippen molar-refractivity contribution < 1.29 is 19.4 Å². The fraction of sp³-hybridized carbons (Fsp3) is 0.414. The van der Waals surface area contributed by atoms with Crippen molar-refractivity contribution in [3.8, 4) is 0 Å². The molecule has 0 spiro atoms. The molecule has 1 amide bonds. The molecule has 2 heterocycles. The number of alkyl carbamates (subject to hydrolysis) is 1. The molecule has 3 aliphatic rings. The Balaban J connectivity index is 1.20. The Labute approximate surface area is 222 Å². The molecule has 1 atom stereocenters. The van der Waals surface area contributed by atoms with Crippen LogP contribution in [0.25, 0.3) is 0 Å². The number of aliphatic carboxylic acids is 1. The first-order chi connectivity index (χ1) is 17.8. The molecule has 5 rings (SSSR count). The van der Waals surface area contributed by atoms with Gasteiger partial charge >= 0.3 is 12.1 Å². The average Bonchev–Trinajstić information content (AvgIpc) is 3.64. The van der Waals surface area contributed by atoms with E-state index in [0.29, 0.717) is 30.3 Å². The smallest absolute Gasteiger partial charge is 0.412 e. The molecule has 2 aromatic carbocycles. The van der Waals surface area contributed by atoms with E-state index in [-0.39, 0.29) is 0 Å². The molecule has 2 aromatic rings. The number of amides is 1. The molecule has 1 unspecified atom stereocenters. The zero-order chi connectivity index (χ0) is 26.2. The van der Waals surface area contributed by atoms with Crippen LogP contribution in [0.3, 0.4) is 0 Å². The maximum atomic E-state index is 12.7. The number of halogens is 1. The minimum absolute atomic E-state index is 0.328. The van der Waals surface area contributed by atoms with Crippen LogP contribution in [-0.2, 0) is 14.9 Å². The first kappa shape index (κ1) is 25.3. The molecule has 0 aromatic heterocycles. The molecule has 0 radical (unpaired) electrons. The van der Waals surface area contributed by atoms with E-state index in [1.807, 2.05) is 49.4 Å². The third kappa shape index (κ3) is 5.10. The topological polar surface area (TPSA) is 91.2 Å². The lowest BCUT2D eigenvalue weighted by molar-refractivity contribution is -0.140. The summed E-state index contributed by atoms with van der Waals surface area (Å²) in [5.41, 5.74) is 4.87. The summed E-state index contributed by atoms with van der Waals surface area (Å²) < 4.78 is 5.62. The molecule has 194 valence electrons. The van der Waals surface area contributed by atoms with Crippen molar-refractivity contribution in [3.05, 3.63) is 76.0 Å². The number of carboxylic acids is 1. The molecule has 2 fully saturated rings. The summed E-state index contributed by atoms with van der Waals surface area (Å²) >= 11 is 6.25. The van der Waals surface area contributed by atoms with Crippen LogP contribution in [0.5, 0.6) is 0 Å². The lowest BCUT2D eigenvalue weighted by atomic mass is 9.87. The molecule has 7 nitrogen and oxygen atoms in total. The first-order valence-corrected chi connectivity index (χ1v) is 13.2. The van der Waals surface area contributed by atoms with Crippen molar-refractivity contribution in [3.63, 3.8) is 0 Å². The van der Waals surface area contributed by atoms with Crippen molar-refractivity contribution in [2.24, 2.45) is 10.9 Å². The van der Waals surface area contributed by atoms with Crippen LogP contribution in [-0.4, -0.2) is 42.5 Å². The number of ether oxygens (including phenoxy) is 1. The summed E-state index contributed by atoms with van der Waals surface area (Å²) in [6.07, 6.45) is 2.35. The highest BCUT2D eigenvalue weighted by Crippen LogP contribution is 2.48. The van der Waals surface area contributed by atoms with Gasteiger partial charge in [0.2, 0.25) is 0 Å². The molecule has 1 aliphatic carbocycles. The number of carbonyl (C=O) groups excluding carboxylic acids is 1. The number of aliphatic imine (C=N–C) groups is 1. The second-order valence-electron chi connectivity index (χ2n) is 10.2. The van der Waals surface area contributed by atoms with Gasteiger partial charge in [0, 0.05) is 29.4 Å². The van der Waals surface area contributed by atoms with Crippen molar-refractivity contribution in [2.45, 2.75) is 51.0 Å². The summed E-state index contributed by atoms with van der Waals surface area (Å²) in [7, 11) is 0. The Morgan fingerprint density at radius 1 is 1.14 bits per heavy atom. The number of benzene rings is 2. The fourth-order valence-electron chi connectivity index (χ4n) is 5.49. The van der Waals surface area contributed by atoms with Crippen molar-refractivity contribution in [1.29, 1.82) is 0 Å². The first-order valence-electron chi connectivity index (χ1n) is 12.8. The fourth-order valence-corrected chi connectivity index (χ4v) is 5.78. The second kappa shape index (κ2) is 10.2. The molecular weight excluding hydrogens is 490 g/mol. The third-order valence-corrected chi connectivity index (χ3v) is 8.30. The normalized spacial score (nSPS) is 19.9. The molecule has 2 aliphatic heterocycles. The number of nitrogens with zero attached hydrogens (tertiary/aromatic N) is 2. The van der Waals surface area contributed by atoms with Crippen LogP contribution in [0.2, 0.25) is 5.02 Å². The van der Waals surface area contributed by atoms with Gasteiger partial charge in [0.05, 0.1) is 23.4 Å². The zero-order valence-electron chi connectivity index (χ0n) is 21.2. The molecule has 2 N–H and O–H groups in total. The molecule has 1 saturated carbocycles. The Morgan fingerprint density at radius 3 is 2.43 bits per heavy atom. The van der Waals surface area contributed by atoms with E-state index in [0.717, 1.165) is 59.7 Å². The monoisotopic (exact) mass is 521 g/mol. The van der Waals surface area contributed by atoms with Gasteiger partial charge in [0.1, 0.15) is 6.10 Å². The summed E-state index contributed by atoms with van der Waals surface area (Å²) in [6, 6.07) is 15.4. The number of nitrogens with one attached hydrogen (secondary N) is 1. The zero-order valence-corrected chi connectivity index (χ0v) is 21.9. The van der Waals surface area contributed by atoms with Gasteiger partial charge in [-0.1, -0.05) is 41.9 Å². The predicted molar refractivity (Wildman–Crippen MR) is 144 cm³/mol. The van der Waals surface area contributed by atoms with Gasteiger partial charge in [-0.15, -0.1) is 0 Å². The molecule has 0 bridgehead atoms. The largest absolute Gasteiger partial charge is 0.481 e. The van der Waals surface area contributed by atoms with Crippen LogP contribution in [0.1, 0.15) is 56.8 Å². The van der Waals surface area contributed by atoms with Crippen LogP contribution in [0.4, 0.5) is 10.5 Å². The molecule has 37 heavy (non-hydrogen) atoms. The van der Waals surface area contributed by atoms with Crippen molar-refractivity contribution >= 4 is 35.1 Å². The molecule has 1 saturated heterocycles. The minimum atomic E-state index is -0.727. The number of piperidine rings is 1. The third-order valence-electron chi connectivity index (χ3n) is 7.96. The van der Waals surface area contributed by atoms with Gasteiger partial charge in [-0.05, 0) is 74.8 Å². The maximum Gasteiger partial charge on any atom is 0.412 e. The average molecular weight is 522 g/mol. The molecular formula is C29H32ClN3O4. The van der Waals surface area contributed by atoms with Crippen molar-refractivity contribution in [1.82, 2.24) is 5.32 Å². The van der Waals surface area contributed by atoms with Gasteiger partial charge in [-0.25, -0.2) is 4.79 Å². The van der Waals surface area contributed by atoms with Crippen molar-refractivity contribution in [2.75, 3.05) is 24.5 Å². The number of hydrogen-bond donors (Lipinski definition) is 2. The number of anilines is 1. The maximum absolute atomic E-state index is 12.7. The summed E-state index contributed by atoms with van der Waals surface area (Å²) in [4.78, 5) is 31.3. The summed E-state index contributed by atoms with van der Waals surface area (Å²) in [5, 5.41) is 13.1. The predicted octanol–water partition coefficient (Wildman–Crippen LogP) is 5.89. The van der Waals surface area contributed by atoms with E-state index in [1.165, 1.54) is 0 Å². The van der Waals surface area contributed by atoms with E-state index in [1.54, 1.807) is 13.0 Å². The number of hydrogen-bond acceptors (Lipinski definition) is 5. The van der Waals surface area contributed by atoms with Gasteiger partial charge < -0.3 is 14.7 Å². The van der Waals surface area contributed by atoms with Gasteiger partial charge in [-0.3, -0.25) is 15.1 Å². The number of allylic oxidation sites excluding steroid dienone is 1. The van der Waals surface area contributed by atoms with Gasteiger partial charge in [-0.2, -0.15) is 0 Å².